The van der Waals surface area contributed by atoms with Crippen molar-refractivity contribution in [3.05, 3.63) is 47.4 Å². The lowest BCUT2D eigenvalue weighted by molar-refractivity contribution is -0.153. The number of unbranched alkanes of at least 4 members (excludes halogenated alkanes) is 2. The number of esters is 1. The predicted molar refractivity (Wildman–Crippen MR) is 170 cm³/mol. The van der Waals surface area contributed by atoms with E-state index in [1.54, 1.807) is 45.1 Å². The zero-order valence-electron chi connectivity index (χ0n) is 25.7. The third-order valence-corrected chi connectivity index (χ3v) is 8.32. The van der Waals surface area contributed by atoms with Gasteiger partial charge in [-0.25, -0.2) is 9.78 Å². The molecule has 0 radical (unpaired) electrons. The number of pyridine rings is 1. The molecule has 3 amide bonds. The van der Waals surface area contributed by atoms with Gasteiger partial charge in [-0.1, -0.05) is 64.5 Å². The number of cyclic esters (lactones) is 1. The van der Waals surface area contributed by atoms with Crippen LogP contribution in [0, 0.1) is 5.92 Å². The maximum atomic E-state index is 13.3. The average Bonchev–Trinajstić information content (AvgIpc) is 2.97. The molecule has 1 aromatic rings. The standard InChI is InChI=1S/C31H44N4O6S2/c1-6-9-10-14-26(37)43-17-12-11-13-22-18-25(36)32-19-21-15-16-24(42-8-3)28(33-21)30(39)34-23(7-2)29(38)35-27(20(4)5)31(40)41-22/h7,11,13,15-16,20,22,27H,6,8-10,12,14,17-19H2,1-5H3,(H,32,36)(H,34,39)(H,35,38)/b13-11+,23-7-/t22-,27+/m1/s1. The van der Waals surface area contributed by atoms with E-state index < -0.39 is 29.9 Å². The highest BCUT2D eigenvalue weighted by molar-refractivity contribution is 8.13. The molecule has 2 rings (SSSR count). The normalized spacial score (nSPS) is 19.7. The molecule has 0 fully saturated rings. The van der Waals surface area contributed by atoms with E-state index in [0.717, 1.165) is 19.3 Å². The van der Waals surface area contributed by atoms with E-state index in [-0.39, 0.29) is 41.3 Å². The van der Waals surface area contributed by atoms with Crippen molar-refractivity contribution >= 4 is 52.3 Å². The van der Waals surface area contributed by atoms with Gasteiger partial charge in [-0.15, -0.1) is 11.8 Å². The van der Waals surface area contributed by atoms with Gasteiger partial charge in [-0.2, -0.15) is 0 Å². The first-order chi connectivity index (χ1) is 20.6. The van der Waals surface area contributed by atoms with Gasteiger partial charge in [-0.3, -0.25) is 19.2 Å². The molecule has 43 heavy (non-hydrogen) atoms. The van der Waals surface area contributed by atoms with Crippen molar-refractivity contribution in [2.75, 3.05) is 11.5 Å². The van der Waals surface area contributed by atoms with Crippen LogP contribution in [0.5, 0.6) is 0 Å². The van der Waals surface area contributed by atoms with Crippen molar-refractivity contribution in [2.45, 2.75) is 96.7 Å². The fourth-order valence-electron chi connectivity index (χ4n) is 4.07. The Kier molecular flexibility index (Phi) is 16.1. The Morgan fingerprint density at radius 1 is 1.14 bits per heavy atom. The molecule has 0 aliphatic carbocycles. The van der Waals surface area contributed by atoms with Crippen LogP contribution in [0.4, 0.5) is 0 Å². The van der Waals surface area contributed by atoms with Crippen molar-refractivity contribution in [2.24, 2.45) is 5.92 Å². The SMILES string of the molecule is C/C=C1\NC(=O)c2nc(ccc2SCC)CNC(=O)C[C@@H](/C=C/CCSC(=O)CCCCC)OC(=O)[C@H](C(C)C)NC1=O. The van der Waals surface area contributed by atoms with E-state index in [9.17, 15) is 24.0 Å². The third-order valence-electron chi connectivity index (χ3n) is 6.42. The molecular weight excluding hydrogens is 588 g/mol. The number of fused-ring (bicyclic) bond motifs is 2. The first-order valence-electron chi connectivity index (χ1n) is 14.8. The number of allylic oxidation sites excluding steroid dienone is 2. The molecule has 236 valence electrons. The highest BCUT2D eigenvalue weighted by Gasteiger charge is 2.30. The second kappa shape index (κ2) is 19.2. The lowest BCUT2D eigenvalue weighted by Gasteiger charge is -2.24. The zero-order valence-corrected chi connectivity index (χ0v) is 27.3. The average molecular weight is 633 g/mol. The van der Waals surface area contributed by atoms with Crippen LogP contribution in [0.2, 0.25) is 0 Å². The summed E-state index contributed by atoms with van der Waals surface area (Å²) in [4.78, 5) is 69.7. The summed E-state index contributed by atoms with van der Waals surface area (Å²) in [5.74, 6) is -1.36. The van der Waals surface area contributed by atoms with Gasteiger partial charge in [0.05, 0.1) is 18.7 Å². The highest BCUT2D eigenvalue weighted by Crippen LogP contribution is 2.22. The fraction of sp³-hybridized carbons (Fsp3) is 0.548. The van der Waals surface area contributed by atoms with Crippen LogP contribution in [-0.2, 0) is 30.5 Å². The lowest BCUT2D eigenvalue weighted by Crippen LogP contribution is -2.48. The molecule has 2 heterocycles. The molecule has 2 bridgehead atoms. The number of ether oxygens (including phenoxy) is 1. The summed E-state index contributed by atoms with van der Waals surface area (Å²) in [6.45, 7) is 9.23. The number of hydrogen-bond donors (Lipinski definition) is 3. The Bertz CT molecular complexity index is 1200. The molecule has 1 aliphatic heterocycles. The number of nitrogens with zero attached hydrogens (tertiary/aromatic N) is 1. The number of thioether (sulfide) groups is 2. The summed E-state index contributed by atoms with van der Waals surface area (Å²) in [6, 6.07) is 2.47. The van der Waals surface area contributed by atoms with Crippen LogP contribution < -0.4 is 16.0 Å². The predicted octanol–water partition coefficient (Wildman–Crippen LogP) is 4.69. The highest BCUT2D eigenvalue weighted by atomic mass is 32.2. The molecule has 3 N–H and O–H groups in total. The monoisotopic (exact) mass is 632 g/mol. The van der Waals surface area contributed by atoms with Gasteiger partial charge in [0, 0.05) is 17.1 Å². The topological polar surface area (TPSA) is 144 Å². The number of nitrogens with one attached hydrogen (secondary N) is 3. The maximum absolute atomic E-state index is 13.3. The minimum Gasteiger partial charge on any atom is -0.456 e. The molecule has 1 aliphatic rings. The number of hydrogen-bond acceptors (Lipinski definition) is 9. The van der Waals surface area contributed by atoms with Crippen LogP contribution in [-0.4, -0.2) is 57.4 Å². The van der Waals surface area contributed by atoms with Crippen LogP contribution in [0.3, 0.4) is 0 Å². The van der Waals surface area contributed by atoms with Crippen LogP contribution in [0.25, 0.3) is 0 Å². The Labute approximate surface area is 263 Å². The molecule has 0 saturated heterocycles. The second-order valence-electron chi connectivity index (χ2n) is 10.3. The molecule has 10 nitrogen and oxygen atoms in total. The second-order valence-corrected chi connectivity index (χ2v) is 12.7. The van der Waals surface area contributed by atoms with Crippen molar-refractivity contribution in [3.8, 4) is 0 Å². The van der Waals surface area contributed by atoms with Crippen molar-refractivity contribution in [3.63, 3.8) is 0 Å². The first-order valence-corrected chi connectivity index (χ1v) is 16.8. The summed E-state index contributed by atoms with van der Waals surface area (Å²) in [5.41, 5.74) is 0.573. The van der Waals surface area contributed by atoms with Crippen molar-refractivity contribution < 1.29 is 28.7 Å². The van der Waals surface area contributed by atoms with E-state index in [1.807, 2.05) is 6.92 Å². The minimum atomic E-state index is -1.03. The van der Waals surface area contributed by atoms with E-state index in [1.165, 1.54) is 29.6 Å². The Morgan fingerprint density at radius 2 is 1.91 bits per heavy atom. The van der Waals surface area contributed by atoms with Crippen molar-refractivity contribution in [1.82, 2.24) is 20.9 Å². The van der Waals surface area contributed by atoms with Gasteiger partial charge in [0.15, 0.2) is 5.12 Å². The van der Waals surface area contributed by atoms with Gasteiger partial charge in [-0.05, 0) is 49.6 Å². The molecule has 0 unspecified atom stereocenters. The molecule has 0 saturated carbocycles. The third kappa shape index (κ3) is 12.6. The summed E-state index contributed by atoms with van der Waals surface area (Å²) >= 11 is 2.71. The van der Waals surface area contributed by atoms with E-state index in [4.69, 9.17) is 4.74 Å². The molecule has 0 aromatic carbocycles. The summed E-state index contributed by atoms with van der Waals surface area (Å²) in [7, 11) is 0. The summed E-state index contributed by atoms with van der Waals surface area (Å²) in [5, 5.41) is 8.23. The molecular formula is C31H44N4O6S2. The molecule has 12 heteroatoms. The zero-order chi connectivity index (χ0) is 31.8. The number of carbonyl (C=O) groups excluding carboxylic acids is 5. The van der Waals surface area contributed by atoms with Gasteiger partial charge in [0.1, 0.15) is 23.5 Å². The quantitative estimate of drug-likeness (QED) is 0.104. The van der Waals surface area contributed by atoms with Crippen LogP contribution in [0.1, 0.15) is 89.3 Å². The van der Waals surface area contributed by atoms with Gasteiger partial charge >= 0.3 is 5.97 Å². The van der Waals surface area contributed by atoms with E-state index in [0.29, 0.717) is 34.9 Å². The van der Waals surface area contributed by atoms with Crippen molar-refractivity contribution in [1.29, 1.82) is 0 Å². The fourth-order valence-corrected chi connectivity index (χ4v) is 5.59. The smallest absolute Gasteiger partial charge is 0.329 e. The molecule has 2 atom stereocenters. The minimum absolute atomic E-state index is 0.0262. The molecule has 1 aromatic heterocycles. The number of carbonyl (C=O) groups is 5. The number of aromatic nitrogens is 1. The van der Waals surface area contributed by atoms with Gasteiger partial charge in [0.25, 0.3) is 11.8 Å². The largest absolute Gasteiger partial charge is 0.456 e. The number of rotatable bonds is 11. The number of amides is 3. The Hall–Kier alpha value is -3.12. The maximum Gasteiger partial charge on any atom is 0.329 e. The van der Waals surface area contributed by atoms with Crippen LogP contribution >= 0.6 is 23.5 Å². The van der Waals surface area contributed by atoms with Gasteiger partial charge in [0.2, 0.25) is 5.91 Å². The van der Waals surface area contributed by atoms with E-state index >= 15 is 0 Å². The molecule has 0 spiro atoms. The first kappa shape index (κ1) is 36.1. The summed E-state index contributed by atoms with van der Waals surface area (Å²) in [6.07, 6.45) is 7.95. The van der Waals surface area contributed by atoms with Gasteiger partial charge < -0.3 is 20.7 Å². The Balaban J connectivity index is 2.29. The summed E-state index contributed by atoms with van der Waals surface area (Å²) < 4.78 is 5.71. The van der Waals surface area contributed by atoms with Crippen LogP contribution in [0.15, 0.2) is 41.0 Å². The lowest BCUT2D eigenvalue weighted by atomic mass is 10.0. The Morgan fingerprint density at radius 3 is 2.58 bits per heavy atom. The van der Waals surface area contributed by atoms with E-state index in [2.05, 4.69) is 27.9 Å².